The second-order valence-electron chi connectivity index (χ2n) is 16.6. The molecule has 0 aliphatic heterocycles. The molecule has 0 bridgehead atoms. The summed E-state index contributed by atoms with van der Waals surface area (Å²) in [6, 6.07) is -0.830. The highest BCUT2D eigenvalue weighted by molar-refractivity contribution is 5.76. The predicted octanol–water partition coefficient (Wildman–Crippen LogP) is 14.5. The van der Waals surface area contributed by atoms with E-state index in [-0.39, 0.29) is 12.5 Å². The Morgan fingerprint density at radius 3 is 1.29 bits per heavy atom. The van der Waals surface area contributed by atoms with Gasteiger partial charge in [-0.1, -0.05) is 210 Å². The van der Waals surface area contributed by atoms with Crippen LogP contribution in [0.2, 0.25) is 0 Å². The van der Waals surface area contributed by atoms with Gasteiger partial charge in [0.05, 0.1) is 18.8 Å². The molecule has 0 aliphatic carbocycles. The first-order valence-electron chi connectivity index (χ1n) is 24.4. The summed E-state index contributed by atoms with van der Waals surface area (Å²) in [6.45, 7) is 4.04. The number of hydrogen-bond donors (Lipinski definition) is 4. The van der Waals surface area contributed by atoms with Gasteiger partial charge < -0.3 is 20.6 Å². The zero-order valence-corrected chi connectivity index (χ0v) is 37.3. The molecule has 0 fully saturated rings. The Hall–Kier alpha value is -1.69. The maximum atomic E-state index is 12.4. The van der Waals surface area contributed by atoms with E-state index in [1.165, 1.54) is 161 Å². The predicted molar refractivity (Wildman–Crippen MR) is 245 cm³/mol. The minimum absolute atomic E-state index is 0.160. The van der Waals surface area contributed by atoms with Crippen molar-refractivity contribution in [3.8, 4) is 0 Å². The lowest BCUT2D eigenvalue weighted by Gasteiger charge is -2.26. The largest absolute Gasteiger partial charge is 0.394 e. The van der Waals surface area contributed by atoms with Crippen LogP contribution in [0, 0.1) is 0 Å². The molecular weight excluding hydrogens is 691 g/mol. The SMILES string of the molecule is CC/C=C/CC/C=C/CCCC(O)C(O)C(CO)NC(=O)CCCCCCCCCCCCCCCCCCC/C=C\C/C=C\CCCCCCCCCCC. The summed E-state index contributed by atoms with van der Waals surface area (Å²) in [6.07, 6.45) is 59.9. The topological polar surface area (TPSA) is 89.8 Å². The highest BCUT2D eigenvalue weighted by atomic mass is 16.3. The van der Waals surface area contributed by atoms with Crippen LogP contribution in [0.3, 0.4) is 0 Å². The summed E-state index contributed by atoms with van der Waals surface area (Å²) >= 11 is 0. The van der Waals surface area contributed by atoms with E-state index in [2.05, 4.69) is 67.8 Å². The van der Waals surface area contributed by atoms with Gasteiger partial charge in [-0.2, -0.15) is 0 Å². The number of allylic oxidation sites excluding steroid dienone is 8. The molecule has 3 unspecified atom stereocenters. The molecule has 4 N–H and O–H groups in total. The molecule has 5 heteroatoms. The van der Waals surface area contributed by atoms with Gasteiger partial charge in [-0.3, -0.25) is 4.79 Å². The van der Waals surface area contributed by atoms with Crippen LogP contribution in [0.15, 0.2) is 48.6 Å². The minimum atomic E-state index is -1.16. The van der Waals surface area contributed by atoms with Crippen molar-refractivity contribution >= 4 is 5.91 Å². The minimum Gasteiger partial charge on any atom is -0.394 e. The molecule has 0 spiro atoms. The van der Waals surface area contributed by atoms with Crippen molar-refractivity contribution in [1.82, 2.24) is 5.32 Å². The number of aliphatic hydroxyl groups is 3. The molecule has 5 nitrogen and oxygen atoms in total. The molecule has 1 amide bonds. The Morgan fingerprint density at radius 1 is 0.464 bits per heavy atom. The fourth-order valence-electron chi connectivity index (χ4n) is 7.39. The maximum Gasteiger partial charge on any atom is 0.220 e. The summed E-state index contributed by atoms with van der Waals surface area (Å²) in [7, 11) is 0. The Kier molecular flexibility index (Phi) is 44.6. The molecular formula is C51H95NO4. The lowest BCUT2D eigenvalue weighted by Crippen LogP contribution is -2.50. The van der Waals surface area contributed by atoms with E-state index >= 15 is 0 Å². The van der Waals surface area contributed by atoms with Crippen LogP contribution in [0.5, 0.6) is 0 Å². The van der Waals surface area contributed by atoms with Crippen molar-refractivity contribution < 1.29 is 20.1 Å². The fourth-order valence-corrected chi connectivity index (χ4v) is 7.39. The smallest absolute Gasteiger partial charge is 0.220 e. The standard InChI is InChI=1S/C51H95NO4/c1-3-5-7-9-11-13-14-15-16-17-18-19-20-21-22-23-24-25-26-27-28-29-30-31-32-33-34-35-36-38-40-42-44-46-50(55)52-48(47-53)51(56)49(54)45-43-41-39-37-12-10-8-6-4-2/h6,8,18-19,21-22,37,39,48-49,51,53-54,56H,3-5,7,9-17,20,23-36,38,40-47H2,1-2H3,(H,52,55)/b8-6+,19-18-,22-21-,39-37+. The first kappa shape index (κ1) is 54.3. The number of aliphatic hydroxyl groups excluding tert-OH is 3. The first-order valence-corrected chi connectivity index (χ1v) is 24.4. The molecule has 0 aromatic carbocycles. The third kappa shape index (κ3) is 40.5. The molecule has 328 valence electrons. The van der Waals surface area contributed by atoms with Crippen LogP contribution in [0.4, 0.5) is 0 Å². The average Bonchev–Trinajstić information content (AvgIpc) is 3.20. The number of rotatable bonds is 44. The first-order chi connectivity index (χ1) is 27.6. The normalized spacial score (nSPS) is 13.9. The quantitative estimate of drug-likeness (QED) is 0.0366. The van der Waals surface area contributed by atoms with Gasteiger partial charge in [0.1, 0.15) is 6.10 Å². The number of carbonyl (C=O) groups is 1. The zero-order valence-electron chi connectivity index (χ0n) is 37.3. The lowest BCUT2D eigenvalue weighted by molar-refractivity contribution is -0.124. The van der Waals surface area contributed by atoms with Crippen molar-refractivity contribution in [1.29, 1.82) is 0 Å². The van der Waals surface area contributed by atoms with E-state index in [0.717, 1.165) is 57.8 Å². The van der Waals surface area contributed by atoms with Gasteiger partial charge in [-0.05, 0) is 77.0 Å². The Morgan fingerprint density at radius 2 is 0.839 bits per heavy atom. The van der Waals surface area contributed by atoms with Crippen molar-refractivity contribution in [3.63, 3.8) is 0 Å². The van der Waals surface area contributed by atoms with Crippen molar-refractivity contribution in [3.05, 3.63) is 48.6 Å². The van der Waals surface area contributed by atoms with Gasteiger partial charge in [0.2, 0.25) is 5.91 Å². The molecule has 0 saturated carbocycles. The van der Waals surface area contributed by atoms with Gasteiger partial charge in [0.25, 0.3) is 0 Å². The molecule has 0 rings (SSSR count). The highest BCUT2D eigenvalue weighted by Crippen LogP contribution is 2.16. The maximum absolute atomic E-state index is 12.4. The molecule has 0 aliphatic rings. The molecule has 0 aromatic heterocycles. The van der Waals surface area contributed by atoms with Gasteiger partial charge in [-0.15, -0.1) is 0 Å². The molecule has 0 saturated heterocycles. The van der Waals surface area contributed by atoms with Crippen LogP contribution in [0.25, 0.3) is 0 Å². The number of unbranched alkanes of at least 4 members (excludes halogenated alkanes) is 28. The van der Waals surface area contributed by atoms with E-state index in [4.69, 9.17) is 0 Å². The van der Waals surface area contributed by atoms with Gasteiger partial charge in [-0.25, -0.2) is 0 Å². The highest BCUT2D eigenvalue weighted by Gasteiger charge is 2.26. The Bertz CT molecular complexity index is 912. The van der Waals surface area contributed by atoms with Crippen molar-refractivity contribution in [2.45, 2.75) is 263 Å². The van der Waals surface area contributed by atoms with Gasteiger partial charge >= 0.3 is 0 Å². The second kappa shape index (κ2) is 46.0. The number of amides is 1. The molecule has 56 heavy (non-hydrogen) atoms. The van der Waals surface area contributed by atoms with Crippen LogP contribution in [0.1, 0.15) is 245 Å². The van der Waals surface area contributed by atoms with Gasteiger partial charge in [0, 0.05) is 6.42 Å². The summed E-state index contributed by atoms with van der Waals surface area (Å²) in [4.78, 5) is 12.4. The van der Waals surface area contributed by atoms with Gasteiger partial charge in [0.15, 0.2) is 0 Å². The summed E-state index contributed by atoms with van der Waals surface area (Å²) in [5, 5.41) is 33.3. The Balaban J connectivity index is 3.48. The summed E-state index contributed by atoms with van der Waals surface area (Å²) in [5.74, 6) is -0.160. The van der Waals surface area contributed by atoms with E-state index in [1.807, 2.05) is 0 Å². The summed E-state index contributed by atoms with van der Waals surface area (Å²) < 4.78 is 0. The number of nitrogens with one attached hydrogen (secondary N) is 1. The second-order valence-corrected chi connectivity index (χ2v) is 16.6. The third-order valence-electron chi connectivity index (χ3n) is 11.1. The van der Waals surface area contributed by atoms with Crippen LogP contribution in [-0.4, -0.2) is 46.1 Å². The van der Waals surface area contributed by atoms with Crippen molar-refractivity contribution in [2.75, 3.05) is 6.61 Å². The van der Waals surface area contributed by atoms with Crippen LogP contribution >= 0.6 is 0 Å². The fraction of sp³-hybridized carbons (Fsp3) is 0.824. The van der Waals surface area contributed by atoms with Crippen LogP contribution < -0.4 is 5.32 Å². The molecule has 0 heterocycles. The Labute approximate surface area is 348 Å². The van der Waals surface area contributed by atoms with E-state index in [0.29, 0.717) is 12.8 Å². The summed E-state index contributed by atoms with van der Waals surface area (Å²) in [5.41, 5.74) is 0. The third-order valence-corrected chi connectivity index (χ3v) is 11.1. The van der Waals surface area contributed by atoms with E-state index in [9.17, 15) is 20.1 Å². The van der Waals surface area contributed by atoms with E-state index in [1.54, 1.807) is 0 Å². The lowest BCUT2D eigenvalue weighted by atomic mass is 10.0. The molecule has 0 aromatic rings. The van der Waals surface area contributed by atoms with Crippen molar-refractivity contribution in [2.24, 2.45) is 0 Å². The molecule has 3 atom stereocenters. The monoisotopic (exact) mass is 786 g/mol. The average molecular weight is 786 g/mol. The van der Waals surface area contributed by atoms with E-state index < -0.39 is 18.2 Å². The zero-order chi connectivity index (χ0) is 40.8. The number of hydrogen-bond acceptors (Lipinski definition) is 4. The number of carbonyl (C=O) groups excluding carboxylic acids is 1. The molecule has 0 radical (unpaired) electrons. The van der Waals surface area contributed by atoms with Crippen LogP contribution in [-0.2, 0) is 4.79 Å².